The summed E-state index contributed by atoms with van der Waals surface area (Å²) in [5.41, 5.74) is 1.12. The monoisotopic (exact) mass is 304 g/mol. The second kappa shape index (κ2) is 6.11. The Morgan fingerprint density at radius 1 is 1.14 bits per heavy atom. The zero-order chi connectivity index (χ0) is 15.9. The second-order valence-electron chi connectivity index (χ2n) is 8.48. The molecule has 0 heterocycles. The number of carbonyl (C=O) groups is 1. The van der Waals surface area contributed by atoms with E-state index in [-0.39, 0.29) is 11.5 Å². The minimum Gasteiger partial charge on any atom is -0.393 e. The van der Waals surface area contributed by atoms with Gasteiger partial charge in [-0.2, -0.15) is 0 Å². The van der Waals surface area contributed by atoms with Crippen LogP contribution in [0, 0.1) is 29.1 Å². The maximum atomic E-state index is 12.1. The van der Waals surface area contributed by atoms with Crippen LogP contribution in [-0.2, 0) is 4.79 Å². The molecule has 0 aliphatic heterocycles. The molecule has 0 aromatic heterocycles. The van der Waals surface area contributed by atoms with E-state index in [9.17, 15) is 9.90 Å². The molecule has 2 nitrogen and oxygen atoms in total. The van der Waals surface area contributed by atoms with Crippen molar-refractivity contribution in [3.63, 3.8) is 0 Å². The van der Waals surface area contributed by atoms with Crippen molar-refractivity contribution < 1.29 is 9.90 Å². The van der Waals surface area contributed by atoms with Crippen molar-refractivity contribution >= 4 is 5.78 Å². The Morgan fingerprint density at radius 2 is 1.91 bits per heavy atom. The van der Waals surface area contributed by atoms with Gasteiger partial charge in [-0.15, -0.1) is 0 Å². The fourth-order valence-corrected chi connectivity index (χ4v) is 5.79. The van der Waals surface area contributed by atoms with E-state index in [0.29, 0.717) is 17.6 Å². The number of Topliss-reactive ketones (excluding diaryl/α,β-unsaturated/α-hetero) is 1. The molecule has 124 valence electrons. The highest BCUT2D eigenvalue weighted by Crippen LogP contribution is 2.58. The van der Waals surface area contributed by atoms with E-state index in [0.717, 1.165) is 43.1 Å². The summed E-state index contributed by atoms with van der Waals surface area (Å²) in [4.78, 5) is 12.1. The van der Waals surface area contributed by atoms with Crippen molar-refractivity contribution in [1.29, 1.82) is 0 Å². The van der Waals surface area contributed by atoms with Crippen molar-refractivity contribution in [2.45, 2.75) is 78.2 Å². The lowest BCUT2D eigenvalue weighted by atomic mass is 9.56. The molecule has 2 saturated carbocycles. The molecule has 0 bridgehead atoms. The van der Waals surface area contributed by atoms with Crippen LogP contribution in [0.15, 0.2) is 11.6 Å². The Bertz CT molecular complexity index is 466. The molecular weight excluding hydrogens is 272 g/mol. The number of aliphatic hydroxyl groups is 1. The highest BCUT2D eigenvalue weighted by atomic mass is 16.3. The number of rotatable bonds is 0. The molecule has 6 atom stereocenters. The number of fused-ring (bicyclic) bond motifs is 3. The molecule has 0 spiro atoms. The Hall–Kier alpha value is -0.630. The van der Waals surface area contributed by atoms with E-state index in [1.807, 2.05) is 6.92 Å². The summed E-state index contributed by atoms with van der Waals surface area (Å²) < 4.78 is 0. The molecule has 2 heteroatoms. The number of hydrogen-bond acceptors (Lipinski definition) is 2. The summed E-state index contributed by atoms with van der Waals surface area (Å²) in [7, 11) is 0. The predicted molar refractivity (Wildman–Crippen MR) is 89.4 cm³/mol. The smallest absolute Gasteiger partial charge is 0.158 e. The highest BCUT2D eigenvalue weighted by molar-refractivity contribution is 5.94. The summed E-state index contributed by atoms with van der Waals surface area (Å²) in [5.74, 6) is 3.17. The van der Waals surface area contributed by atoms with Crippen molar-refractivity contribution in [3.05, 3.63) is 11.6 Å². The largest absolute Gasteiger partial charge is 0.393 e. The van der Waals surface area contributed by atoms with Gasteiger partial charge in [0.05, 0.1) is 6.10 Å². The summed E-state index contributed by atoms with van der Waals surface area (Å²) in [6, 6.07) is 0. The molecular formula is C20H32O2. The molecule has 22 heavy (non-hydrogen) atoms. The Kier molecular flexibility index (Phi) is 4.51. The quantitative estimate of drug-likeness (QED) is 0.714. The summed E-state index contributed by atoms with van der Waals surface area (Å²) in [6.07, 6.45) is 10.7. The zero-order valence-electron chi connectivity index (χ0n) is 14.5. The first kappa shape index (κ1) is 16.2. The van der Waals surface area contributed by atoms with Gasteiger partial charge in [0.1, 0.15) is 0 Å². The van der Waals surface area contributed by atoms with E-state index in [1.165, 1.54) is 25.7 Å². The van der Waals surface area contributed by atoms with Gasteiger partial charge in [0.25, 0.3) is 0 Å². The van der Waals surface area contributed by atoms with Gasteiger partial charge in [0.2, 0.25) is 0 Å². The molecule has 0 aromatic carbocycles. The van der Waals surface area contributed by atoms with Gasteiger partial charge in [0.15, 0.2) is 5.78 Å². The lowest BCUT2D eigenvalue weighted by Gasteiger charge is -2.49. The molecule has 2 fully saturated rings. The molecule has 1 N–H and O–H groups in total. The van der Waals surface area contributed by atoms with E-state index in [1.54, 1.807) is 0 Å². The van der Waals surface area contributed by atoms with Gasteiger partial charge < -0.3 is 5.11 Å². The third-order valence-corrected chi connectivity index (χ3v) is 7.39. The third-order valence-electron chi connectivity index (χ3n) is 7.39. The second-order valence-corrected chi connectivity index (χ2v) is 8.48. The zero-order valence-corrected chi connectivity index (χ0v) is 14.5. The minimum atomic E-state index is -0.0944. The van der Waals surface area contributed by atoms with E-state index in [4.69, 9.17) is 0 Å². The lowest BCUT2D eigenvalue weighted by molar-refractivity contribution is -0.116. The first-order valence-corrected chi connectivity index (χ1v) is 9.31. The van der Waals surface area contributed by atoms with Gasteiger partial charge in [0, 0.05) is 6.42 Å². The number of ketones is 1. The number of aliphatic hydroxyl groups excluding tert-OH is 1. The van der Waals surface area contributed by atoms with Crippen LogP contribution in [0.25, 0.3) is 0 Å². The Balaban J connectivity index is 1.85. The Labute approximate surface area is 135 Å². The van der Waals surface area contributed by atoms with Crippen LogP contribution in [0.1, 0.15) is 72.1 Å². The SMILES string of the molecule is CC1=CCCC2C(CCC3(C)C(O)CCC23)C(C)CCC1=O. The van der Waals surface area contributed by atoms with Gasteiger partial charge in [-0.1, -0.05) is 19.9 Å². The molecule has 0 saturated heterocycles. The van der Waals surface area contributed by atoms with E-state index < -0.39 is 0 Å². The van der Waals surface area contributed by atoms with Crippen LogP contribution in [0.4, 0.5) is 0 Å². The van der Waals surface area contributed by atoms with Crippen LogP contribution in [0.3, 0.4) is 0 Å². The maximum absolute atomic E-state index is 12.1. The lowest BCUT2D eigenvalue weighted by Crippen LogP contribution is -2.44. The molecule has 0 amide bonds. The summed E-state index contributed by atoms with van der Waals surface area (Å²) in [5, 5.41) is 10.5. The van der Waals surface area contributed by atoms with Crippen molar-refractivity contribution in [3.8, 4) is 0 Å². The first-order chi connectivity index (χ1) is 10.4. The van der Waals surface area contributed by atoms with Gasteiger partial charge in [-0.05, 0) is 86.5 Å². The van der Waals surface area contributed by atoms with Crippen LogP contribution >= 0.6 is 0 Å². The number of allylic oxidation sites excluding steroid dienone is 2. The number of carbonyl (C=O) groups excluding carboxylic acids is 1. The average molecular weight is 304 g/mol. The molecule has 3 aliphatic rings. The Morgan fingerprint density at radius 3 is 2.68 bits per heavy atom. The number of hydrogen-bond donors (Lipinski definition) is 1. The van der Waals surface area contributed by atoms with Gasteiger partial charge in [-0.3, -0.25) is 4.79 Å². The van der Waals surface area contributed by atoms with E-state index in [2.05, 4.69) is 19.9 Å². The predicted octanol–water partition coefficient (Wildman–Crippen LogP) is 4.52. The fraction of sp³-hybridized carbons (Fsp3) is 0.850. The molecule has 6 unspecified atom stereocenters. The van der Waals surface area contributed by atoms with Crippen molar-refractivity contribution in [2.24, 2.45) is 29.1 Å². The topological polar surface area (TPSA) is 37.3 Å². The molecule has 0 radical (unpaired) electrons. The van der Waals surface area contributed by atoms with Crippen molar-refractivity contribution in [2.75, 3.05) is 0 Å². The molecule has 3 aliphatic carbocycles. The van der Waals surface area contributed by atoms with Crippen molar-refractivity contribution in [1.82, 2.24) is 0 Å². The standard InChI is InChI=1S/C20H32O2/c1-13-7-9-18(21)14(2)5-4-6-16-15(13)11-12-20(3)17(16)8-10-19(20)22/h5,13,15-17,19,22H,4,6-12H2,1-3H3. The third kappa shape index (κ3) is 2.68. The van der Waals surface area contributed by atoms with Crippen LogP contribution in [0.5, 0.6) is 0 Å². The first-order valence-electron chi connectivity index (χ1n) is 9.31. The van der Waals surface area contributed by atoms with Crippen LogP contribution in [-0.4, -0.2) is 17.0 Å². The average Bonchev–Trinajstić information content (AvgIpc) is 2.79. The van der Waals surface area contributed by atoms with Crippen LogP contribution in [0.2, 0.25) is 0 Å². The van der Waals surface area contributed by atoms with Crippen LogP contribution < -0.4 is 0 Å². The minimum absolute atomic E-state index is 0.0944. The summed E-state index contributed by atoms with van der Waals surface area (Å²) >= 11 is 0. The summed E-state index contributed by atoms with van der Waals surface area (Å²) in [6.45, 7) is 6.68. The highest BCUT2D eigenvalue weighted by Gasteiger charge is 2.53. The maximum Gasteiger partial charge on any atom is 0.158 e. The molecule has 3 rings (SSSR count). The molecule has 0 aromatic rings. The normalized spacial score (nSPS) is 46.6. The van der Waals surface area contributed by atoms with Gasteiger partial charge in [-0.25, -0.2) is 0 Å². The van der Waals surface area contributed by atoms with E-state index >= 15 is 0 Å². The fourth-order valence-electron chi connectivity index (χ4n) is 5.79. The van der Waals surface area contributed by atoms with Gasteiger partial charge >= 0.3 is 0 Å².